The van der Waals surface area contributed by atoms with Gasteiger partial charge in [-0.2, -0.15) is 0 Å². The van der Waals surface area contributed by atoms with Crippen LogP contribution in [0.25, 0.3) is 0 Å². The van der Waals surface area contributed by atoms with Gasteiger partial charge in [0.15, 0.2) is 0 Å². The van der Waals surface area contributed by atoms with Crippen molar-refractivity contribution in [1.29, 1.82) is 0 Å². The van der Waals surface area contributed by atoms with E-state index >= 15 is 0 Å². The summed E-state index contributed by atoms with van der Waals surface area (Å²) in [6.45, 7) is 3.20. The molecule has 0 aromatic carbocycles. The van der Waals surface area contributed by atoms with Gasteiger partial charge in [-0.25, -0.2) is 5.43 Å². The number of nitrogens with one attached hydrogen (secondary N) is 1. The lowest BCUT2D eigenvalue weighted by Crippen LogP contribution is -2.44. The first kappa shape index (κ1) is 11.9. The molecule has 0 aromatic heterocycles. The van der Waals surface area contributed by atoms with Gasteiger partial charge in [0, 0.05) is 0 Å². The zero-order chi connectivity index (χ0) is 11.4. The molecule has 3 N–H and O–H groups in total. The highest BCUT2D eigenvalue weighted by Crippen LogP contribution is 2.33. The minimum atomic E-state index is 0.243. The van der Waals surface area contributed by atoms with E-state index in [0.717, 1.165) is 31.1 Å². The fraction of sp³-hybridized carbons (Fsp3) is 0.846. The van der Waals surface area contributed by atoms with Crippen molar-refractivity contribution < 1.29 is 4.74 Å². The Bertz CT molecular complexity index is 244. The number of nitrogens with two attached hydrogens (primary N) is 1. The van der Waals surface area contributed by atoms with Crippen LogP contribution in [0.5, 0.6) is 0 Å². The Kier molecular flexibility index (Phi) is 4.24. The van der Waals surface area contributed by atoms with Crippen LogP contribution in [-0.2, 0) is 4.74 Å². The summed E-state index contributed by atoms with van der Waals surface area (Å²) in [6.07, 6.45) is 9.70. The van der Waals surface area contributed by atoms with Crippen LogP contribution in [0.1, 0.15) is 45.4 Å². The van der Waals surface area contributed by atoms with E-state index in [0.29, 0.717) is 5.92 Å². The number of ether oxygens (including phenoxy) is 1. The van der Waals surface area contributed by atoms with Crippen molar-refractivity contribution in [3.63, 3.8) is 0 Å². The van der Waals surface area contributed by atoms with Gasteiger partial charge in [0.2, 0.25) is 0 Å². The summed E-state index contributed by atoms with van der Waals surface area (Å²) in [7, 11) is 0. The van der Waals surface area contributed by atoms with Crippen molar-refractivity contribution in [2.24, 2.45) is 17.7 Å². The van der Waals surface area contributed by atoms with Crippen molar-refractivity contribution >= 4 is 0 Å². The van der Waals surface area contributed by atoms with Gasteiger partial charge in [0.05, 0.1) is 12.6 Å². The Labute approximate surface area is 98.4 Å². The highest BCUT2D eigenvalue weighted by molar-refractivity contribution is 5.07. The lowest BCUT2D eigenvalue weighted by molar-refractivity contribution is 0.134. The van der Waals surface area contributed by atoms with Crippen LogP contribution >= 0.6 is 0 Å². The summed E-state index contributed by atoms with van der Waals surface area (Å²) >= 11 is 0. The molecule has 16 heavy (non-hydrogen) atoms. The largest absolute Gasteiger partial charge is 0.497 e. The molecule has 1 aliphatic heterocycles. The van der Waals surface area contributed by atoms with Crippen LogP contribution in [0.3, 0.4) is 0 Å². The van der Waals surface area contributed by atoms with Crippen molar-refractivity contribution in [1.82, 2.24) is 5.43 Å². The topological polar surface area (TPSA) is 47.3 Å². The Morgan fingerprint density at radius 3 is 2.69 bits per heavy atom. The monoisotopic (exact) mass is 224 g/mol. The van der Waals surface area contributed by atoms with Gasteiger partial charge >= 0.3 is 0 Å². The standard InChI is InChI=1S/C13H24N2O/c1-10-5-7-11(8-6-10)13(15-14)12-4-2-3-9-16-12/h4,10-11,13,15H,2-3,5-9,14H2,1H3. The number of hydrogen-bond donors (Lipinski definition) is 2. The van der Waals surface area contributed by atoms with Gasteiger partial charge in [0.25, 0.3) is 0 Å². The maximum atomic E-state index is 5.73. The predicted molar refractivity (Wildman–Crippen MR) is 65.5 cm³/mol. The SMILES string of the molecule is CC1CCC(C(NN)C2=CCCCO2)CC1. The van der Waals surface area contributed by atoms with Gasteiger partial charge in [-0.1, -0.05) is 19.8 Å². The fourth-order valence-electron chi connectivity index (χ4n) is 2.86. The lowest BCUT2D eigenvalue weighted by Gasteiger charge is -2.34. The summed E-state index contributed by atoms with van der Waals surface area (Å²) < 4.78 is 5.73. The number of hydrogen-bond acceptors (Lipinski definition) is 3. The highest BCUT2D eigenvalue weighted by atomic mass is 16.5. The zero-order valence-electron chi connectivity index (χ0n) is 10.2. The quantitative estimate of drug-likeness (QED) is 0.571. The minimum absolute atomic E-state index is 0.243. The second-order valence-corrected chi connectivity index (χ2v) is 5.26. The summed E-state index contributed by atoms with van der Waals surface area (Å²) in [5.41, 5.74) is 2.96. The molecular weight excluding hydrogens is 200 g/mol. The summed E-state index contributed by atoms with van der Waals surface area (Å²) in [6, 6.07) is 0.243. The van der Waals surface area contributed by atoms with E-state index in [1.54, 1.807) is 0 Å². The number of hydrazine groups is 1. The molecule has 0 saturated heterocycles. The predicted octanol–water partition coefficient (Wildman–Crippen LogP) is 2.34. The van der Waals surface area contributed by atoms with Crippen LogP contribution in [0.2, 0.25) is 0 Å². The second-order valence-electron chi connectivity index (χ2n) is 5.26. The van der Waals surface area contributed by atoms with E-state index in [2.05, 4.69) is 18.4 Å². The lowest BCUT2D eigenvalue weighted by atomic mass is 9.78. The molecule has 2 aliphatic rings. The molecule has 1 aliphatic carbocycles. The van der Waals surface area contributed by atoms with E-state index in [4.69, 9.17) is 10.6 Å². The van der Waals surface area contributed by atoms with Crippen LogP contribution < -0.4 is 11.3 Å². The van der Waals surface area contributed by atoms with Crippen LogP contribution in [0.4, 0.5) is 0 Å². The molecule has 3 nitrogen and oxygen atoms in total. The molecule has 0 radical (unpaired) electrons. The molecule has 0 amide bonds. The van der Waals surface area contributed by atoms with Crippen LogP contribution in [0.15, 0.2) is 11.8 Å². The van der Waals surface area contributed by atoms with Crippen molar-refractivity contribution in [2.75, 3.05) is 6.61 Å². The van der Waals surface area contributed by atoms with Gasteiger partial charge < -0.3 is 4.74 Å². The maximum Gasteiger partial charge on any atom is 0.111 e. The van der Waals surface area contributed by atoms with E-state index in [9.17, 15) is 0 Å². The third kappa shape index (κ3) is 2.77. The molecular formula is C13H24N2O. The smallest absolute Gasteiger partial charge is 0.111 e. The molecule has 1 fully saturated rings. The fourth-order valence-corrected chi connectivity index (χ4v) is 2.86. The van der Waals surface area contributed by atoms with E-state index < -0.39 is 0 Å². The third-order valence-corrected chi connectivity index (χ3v) is 3.98. The Morgan fingerprint density at radius 1 is 1.38 bits per heavy atom. The van der Waals surface area contributed by atoms with Gasteiger partial charge in [-0.15, -0.1) is 0 Å². The number of rotatable bonds is 3. The maximum absolute atomic E-state index is 5.73. The molecule has 2 rings (SSSR count). The molecule has 1 atom stereocenters. The van der Waals surface area contributed by atoms with Crippen molar-refractivity contribution in [3.8, 4) is 0 Å². The third-order valence-electron chi connectivity index (χ3n) is 3.98. The summed E-state index contributed by atoms with van der Waals surface area (Å²) in [5, 5.41) is 0. The van der Waals surface area contributed by atoms with E-state index in [1.165, 1.54) is 25.7 Å². The van der Waals surface area contributed by atoms with Crippen molar-refractivity contribution in [3.05, 3.63) is 11.8 Å². The Morgan fingerprint density at radius 2 is 2.12 bits per heavy atom. The van der Waals surface area contributed by atoms with Gasteiger partial charge in [-0.3, -0.25) is 5.84 Å². The van der Waals surface area contributed by atoms with Crippen LogP contribution in [-0.4, -0.2) is 12.6 Å². The highest BCUT2D eigenvalue weighted by Gasteiger charge is 2.29. The molecule has 0 aromatic rings. The van der Waals surface area contributed by atoms with Gasteiger partial charge in [0.1, 0.15) is 5.76 Å². The first-order valence-corrected chi connectivity index (χ1v) is 6.60. The first-order chi connectivity index (χ1) is 7.81. The molecule has 1 heterocycles. The molecule has 1 unspecified atom stereocenters. The Hall–Kier alpha value is -0.540. The summed E-state index contributed by atoms with van der Waals surface area (Å²) in [4.78, 5) is 0. The molecule has 1 saturated carbocycles. The second kappa shape index (κ2) is 5.69. The van der Waals surface area contributed by atoms with Crippen LogP contribution in [0, 0.1) is 11.8 Å². The molecule has 3 heteroatoms. The van der Waals surface area contributed by atoms with Gasteiger partial charge in [-0.05, 0) is 43.6 Å². The van der Waals surface area contributed by atoms with Crippen molar-refractivity contribution in [2.45, 2.75) is 51.5 Å². The first-order valence-electron chi connectivity index (χ1n) is 6.60. The molecule has 0 spiro atoms. The number of allylic oxidation sites excluding steroid dienone is 1. The zero-order valence-corrected chi connectivity index (χ0v) is 10.2. The van der Waals surface area contributed by atoms with E-state index in [1.807, 2.05) is 0 Å². The summed E-state index contributed by atoms with van der Waals surface area (Å²) in [5.74, 6) is 8.33. The van der Waals surface area contributed by atoms with E-state index in [-0.39, 0.29) is 6.04 Å². The minimum Gasteiger partial charge on any atom is -0.497 e. The normalized spacial score (nSPS) is 32.8. The average molecular weight is 224 g/mol. The molecule has 0 bridgehead atoms. The Balaban J connectivity index is 1.96. The molecule has 92 valence electrons. The average Bonchev–Trinajstić information content (AvgIpc) is 2.34.